The molecule has 32 heavy (non-hydrogen) atoms. The van der Waals surface area contributed by atoms with Gasteiger partial charge in [0.15, 0.2) is 5.96 Å². The minimum Gasteiger partial charge on any atom is -0.493 e. The van der Waals surface area contributed by atoms with Crippen LogP contribution in [0.15, 0.2) is 41.4 Å². The Hall–Kier alpha value is -2.29. The summed E-state index contributed by atoms with van der Waals surface area (Å²) in [6.07, 6.45) is 1.69. The third-order valence-electron chi connectivity index (χ3n) is 5.15. The van der Waals surface area contributed by atoms with Crippen molar-refractivity contribution in [1.29, 1.82) is 0 Å². The summed E-state index contributed by atoms with van der Waals surface area (Å²) in [5, 5.41) is 6.65. The molecule has 0 saturated carbocycles. The fraction of sp³-hybridized carbons (Fsp3) is 0.440. The number of nitrogens with one attached hydrogen (secondary N) is 2. The Morgan fingerprint density at radius 1 is 1.06 bits per heavy atom. The van der Waals surface area contributed by atoms with Gasteiger partial charge in [-0.3, -0.25) is 9.79 Å². The van der Waals surface area contributed by atoms with E-state index < -0.39 is 0 Å². The smallest absolute Gasteiger partial charge is 0.253 e. The number of benzene rings is 2. The predicted octanol–water partition coefficient (Wildman–Crippen LogP) is 4.11. The highest BCUT2D eigenvalue weighted by molar-refractivity contribution is 14.0. The maximum absolute atomic E-state index is 12.1. The van der Waals surface area contributed by atoms with Gasteiger partial charge < -0.3 is 20.3 Å². The van der Waals surface area contributed by atoms with Crippen LogP contribution in [0, 0.1) is 20.8 Å². The molecule has 0 aliphatic heterocycles. The minimum absolute atomic E-state index is 0. The number of aryl methyl sites for hydroxylation is 2. The van der Waals surface area contributed by atoms with Crippen molar-refractivity contribution in [3.63, 3.8) is 0 Å². The second-order valence-electron chi connectivity index (χ2n) is 7.98. The van der Waals surface area contributed by atoms with E-state index >= 15 is 0 Å². The molecule has 0 aliphatic rings. The Kier molecular flexibility index (Phi) is 12.1. The van der Waals surface area contributed by atoms with Crippen molar-refractivity contribution in [3.8, 4) is 5.75 Å². The number of aliphatic imine (C=N–C) groups is 1. The molecule has 176 valence electrons. The van der Waals surface area contributed by atoms with Gasteiger partial charge in [-0.25, -0.2) is 0 Å². The van der Waals surface area contributed by atoms with E-state index in [0.717, 1.165) is 43.2 Å². The molecule has 0 bridgehead atoms. The van der Waals surface area contributed by atoms with Crippen LogP contribution in [0.1, 0.15) is 39.0 Å². The van der Waals surface area contributed by atoms with Crippen molar-refractivity contribution in [2.75, 3.05) is 40.8 Å². The van der Waals surface area contributed by atoms with E-state index in [1.54, 1.807) is 26.0 Å². The molecule has 6 nitrogen and oxygen atoms in total. The number of hydrogen-bond donors (Lipinski definition) is 2. The lowest BCUT2D eigenvalue weighted by molar-refractivity contribution is 0.0827. The lowest BCUT2D eigenvalue weighted by Crippen LogP contribution is -2.39. The van der Waals surface area contributed by atoms with Crippen LogP contribution < -0.4 is 15.4 Å². The largest absolute Gasteiger partial charge is 0.493 e. The summed E-state index contributed by atoms with van der Waals surface area (Å²) in [7, 11) is 5.29. The molecule has 0 atom stereocenters. The predicted molar refractivity (Wildman–Crippen MR) is 144 cm³/mol. The maximum atomic E-state index is 12.1. The molecule has 0 heterocycles. The highest BCUT2D eigenvalue weighted by atomic mass is 127. The Bertz CT molecular complexity index is 913. The first-order valence-electron chi connectivity index (χ1n) is 10.8. The average molecular weight is 553 g/mol. The number of nitrogens with zero attached hydrogens (tertiary/aromatic N) is 2. The summed E-state index contributed by atoms with van der Waals surface area (Å²) in [5.74, 6) is 1.75. The molecule has 0 aromatic heterocycles. The van der Waals surface area contributed by atoms with Crippen molar-refractivity contribution in [1.82, 2.24) is 15.5 Å². The van der Waals surface area contributed by atoms with Gasteiger partial charge in [-0.1, -0.05) is 18.2 Å². The first-order chi connectivity index (χ1) is 14.8. The molecule has 0 saturated heterocycles. The molecular formula is C25H37IN4O2. The normalized spacial score (nSPS) is 10.9. The van der Waals surface area contributed by atoms with Crippen LogP contribution in [0.25, 0.3) is 0 Å². The number of carbonyl (C=O) groups excluding carboxylic acids is 1. The van der Waals surface area contributed by atoms with E-state index in [-0.39, 0.29) is 29.9 Å². The van der Waals surface area contributed by atoms with Gasteiger partial charge in [0, 0.05) is 39.8 Å². The number of halogens is 1. The van der Waals surface area contributed by atoms with Crippen molar-refractivity contribution >= 4 is 35.8 Å². The van der Waals surface area contributed by atoms with Crippen molar-refractivity contribution in [2.45, 2.75) is 33.6 Å². The summed E-state index contributed by atoms with van der Waals surface area (Å²) < 4.78 is 5.97. The fourth-order valence-electron chi connectivity index (χ4n) is 3.28. The molecule has 0 unspecified atom stereocenters. The number of ether oxygens (including phenoxy) is 1. The number of rotatable bonds is 9. The highest BCUT2D eigenvalue weighted by Gasteiger charge is 2.08. The Balaban J connectivity index is 0.00000512. The number of carbonyl (C=O) groups is 1. The van der Waals surface area contributed by atoms with Crippen LogP contribution >= 0.6 is 24.0 Å². The zero-order chi connectivity index (χ0) is 22.8. The zero-order valence-corrected chi connectivity index (χ0v) is 22.4. The third-order valence-corrected chi connectivity index (χ3v) is 5.15. The summed E-state index contributed by atoms with van der Waals surface area (Å²) in [6, 6.07) is 12.0. The fourth-order valence-corrected chi connectivity index (χ4v) is 3.28. The summed E-state index contributed by atoms with van der Waals surface area (Å²) in [5.41, 5.74) is 5.51. The van der Waals surface area contributed by atoms with Gasteiger partial charge in [-0.2, -0.15) is 0 Å². The van der Waals surface area contributed by atoms with Gasteiger partial charge in [0.1, 0.15) is 5.75 Å². The van der Waals surface area contributed by atoms with Gasteiger partial charge in [-0.05, 0) is 74.1 Å². The quantitative estimate of drug-likeness (QED) is 0.213. The molecule has 2 rings (SSSR count). The minimum atomic E-state index is 0. The molecular weight excluding hydrogens is 515 g/mol. The summed E-state index contributed by atoms with van der Waals surface area (Å²) in [6.45, 7) is 8.46. The van der Waals surface area contributed by atoms with Crippen molar-refractivity contribution in [2.24, 2.45) is 4.99 Å². The van der Waals surface area contributed by atoms with E-state index in [4.69, 9.17) is 4.74 Å². The zero-order valence-electron chi connectivity index (χ0n) is 20.1. The van der Waals surface area contributed by atoms with Gasteiger partial charge in [0.05, 0.1) is 6.61 Å². The van der Waals surface area contributed by atoms with Crippen LogP contribution in [0.3, 0.4) is 0 Å². The SMILES string of the molecule is CN=C(NCCCOc1cc(C)cc(C)c1C)NCCc1cccc(C(=O)N(C)C)c1.I. The third kappa shape index (κ3) is 8.68. The van der Waals surface area contributed by atoms with E-state index in [2.05, 4.69) is 48.5 Å². The molecule has 2 N–H and O–H groups in total. The monoisotopic (exact) mass is 552 g/mol. The van der Waals surface area contributed by atoms with E-state index in [9.17, 15) is 4.79 Å². The van der Waals surface area contributed by atoms with Gasteiger partial charge in [0.25, 0.3) is 5.91 Å². The molecule has 0 radical (unpaired) electrons. The lowest BCUT2D eigenvalue weighted by atomic mass is 10.1. The van der Waals surface area contributed by atoms with Crippen LogP contribution in [0.4, 0.5) is 0 Å². The number of guanidine groups is 1. The Morgan fingerprint density at radius 3 is 2.47 bits per heavy atom. The molecule has 0 fully saturated rings. The van der Waals surface area contributed by atoms with Crippen LogP contribution in [0.2, 0.25) is 0 Å². The highest BCUT2D eigenvalue weighted by Crippen LogP contribution is 2.23. The van der Waals surface area contributed by atoms with Crippen LogP contribution in [-0.2, 0) is 6.42 Å². The van der Waals surface area contributed by atoms with Gasteiger partial charge >= 0.3 is 0 Å². The molecule has 1 amide bonds. The number of hydrogen-bond acceptors (Lipinski definition) is 3. The van der Waals surface area contributed by atoms with E-state index in [0.29, 0.717) is 12.2 Å². The summed E-state index contributed by atoms with van der Waals surface area (Å²) in [4.78, 5) is 18.0. The lowest BCUT2D eigenvalue weighted by Gasteiger charge is -2.14. The summed E-state index contributed by atoms with van der Waals surface area (Å²) >= 11 is 0. The van der Waals surface area contributed by atoms with Crippen molar-refractivity contribution in [3.05, 3.63) is 64.2 Å². The van der Waals surface area contributed by atoms with Gasteiger partial charge in [0.2, 0.25) is 0 Å². The Labute approximate surface area is 209 Å². The van der Waals surface area contributed by atoms with E-state index in [1.807, 2.05) is 24.3 Å². The van der Waals surface area contributed by atoms with Crippen LogP contribution in [0.5, 0.6) is 5.75 Å². The van der Waals surface area contributed by atoms with Gasteiger partial charge in [-0.15, -0.1) is 24.0 Å². The molecule has 0 spiro atoms. The average Bonchev–Trinajstić information content (AvgIpc) is 2.74. The molecule has 2 aromatic carbocycles. The number of amides is 1. The standard InChI is InChI=1S/C25H36N4O2.HI/c1-18-15-19(2)20(3)23(16-18)31-14-8-12-27-25(26-4)28-13-11-21-9-7-10-22(17-21)24(30)29(5)6;/h7,9-10,15-17H,8,11-14H2,1-6H3,(H2,26,27,28);1H. The first-order valence-corrected chi connectivity index (χ1v) is 10.8. The second kappa shape index (κ2) is 14.0. The second-order valence-corrected chi connectivity index (χ2v) is 7.98. The first kappa shape index (κ1) is 27.7. The van der Waals surface area contributed by atoms with E-state index in [1.165, 1.54) is 16.7 Å². The maximum Gasteiger partial charge on any atom is 0.253 e. The molecule has 2 aromatic rings. The molecule has 7 heteroatoms. The van der Waals surface area contributed by atoms with Crippen molar-refractivity contribution < 1.29 is 9.53 Å². The topological polar surface area (TPSA) is 66.0 Å². The van der Waals surface area contributed by atoms with Crippen LogP contribution in [-0.4, -0.2) is 57.6 Å². The Morgan fingerprint density at radius 2 is 1.78 bits per heavy atom. The molecule has 0 aliphatic carbocycles.